The Labute approximate surface area is 98.6 Å². The van der Waals surface area contributed by atoms with E-state index in [1.54, 1.807) is 0 Å². The molecule has 1 aromatic carbocycles. The summed E-state index contributed by atoms with van der Waals surface area (Å²) >= 11 is 0.254. The number of fused-ring (bicyclic) bond motifs is 1. The van der Waals surface area contributed by atoms with Crippen LogP contribution in [0.2, 0.25) is 9.91 Å². The fourth-order valence-corrected chi connectivity index (χ4v) is 5.27. The van der Waals surface area contributed by atoms with E-state index in [4.69, 9.17) is 0 Å². The number of benzene rings is 1. The molecule has 0 saturated carbocycles. The van der Waals surface area contributed by atoms with E-state index in [2.05, 4.69) is 13.0 Å². The summed E-state index contributed by atoms with van der Waals surface area (Å²) in [6, 6.07) is 6.00. The monoisotopic (exact) mass is 266 g/mol. The fraction of sp³-hybridized carbons (Fsp3) is 0.538. The first-order valence-corrected chi connectivity index (χ1v) is 8.54. The summed E-state index contributed by atoms with van der Waals surface area (Å²) in [5.41, 5.74) is 2.63. The van der Waals surface area contributed by atoms with Crippen LogP contribution in [0.4, 0.5) is 0 Å². The van der Waals surface area contributed by atoms with Crippen LogP contribution in [-0.2, 0) is 12.8 Å². The number of aromatic hydroxyl groups is 1. The molecule has 1 unspecified atom stereocenters. The Morgan fingerprint density at radius 3 is 3.13 bits per heavy atom. The minimum absolute atomic E-state index is 0.254. The summed E-state index contributed by atoms with van der Waals surface area (Å²) in [5, 5.41) is 11.2. The van der Waals surface area contributed by atoms with Crippen LogP contribution in [0.25, 0.3) is 0 Å². The molecule has 0 fully saturated rings. The molecule has 0 saturated heterocycles. The predicted octanol–water partition coefficient (Wildman–Crippen LogP) is 2.93. The van der Waals surface area contributed by atoms with Crippen molar-refractivity contribution in [2.75, 3.05) is 0 Å². The molecule has 82 valence electrons. The van der Waals surface area contributed by atoms with Crippen molar-refractivity contribution in [3.05, 3.63) is 29.3 Å². The van der Waals surface area contributed by atoms with Gasteiger partial charge in [-0.05, 0) is 0 Å². The molecule has 1 nitrogen and oxygen atoms in total. The number of hydrogen-bond acceptors (Lipinski definition) is 1. The summed E-state index contributed by atoms with van der Waals surface area (Å²) in [7, 11) is 0. The molecule has 2 atom stereocenters. The fourth-order valence-electron chi connectivity index (χ4n) is 2.31. The summed E-state index contributed by atoms with van der Waals surface area (Å²) in [6.07, 6.45) is 4.98. The molecule has 1 aliphatic carbocycles. The van der Waals surface area contributed by atoms with Crippen LogP contribution in [0.15, 0.2) is 18.2 Å². The summed E-state index contributed by atoms with van der Waals surface area (Å²) < 4.78 is 0.972. The Bertz CT molecular complexity index is 335. The van der Waals surface area contributed by atoms with Crippen LogP contribution in [0.5, 0.6) is 5.75 Å². The molecule has 0 aromatic heterocycles. The van der Waals surface area contributed by atoms with Gasteiger partial charge in [-0.3, -0.25) is 0 Å². The van der Waals surface area contributed by atoms with Gasteiger partial charge in [0.1, 0.15) is 0 Å². The molecular weight excluding hydrogens is 247 g/mol. The van der Waals surface area contributed by atoms with Crippen molar-refractivity contribution in [1.82, 2.24) is 0 Å². The van der Waals surface area contributed by atoms with Crippen molar-refractivity contribution >= 4 is 15.8 Å². The average molecular weight is 266 g/mol. The summed E-state index contributed by atoms with van der Waals surface area (Å²) in [5.74, 6) is 0.515. The summed E-state index contributed by atoms with van der Waals surface area (Å²) in [6.45, 7) is 2.28. The summed E-state index contributed by atoms with van der Waals surface area (Å²) in [4.78, 5) is 0. The molecule has 1 N–H and O–H groups in total. The van der Waals surface area contributed by atoms with Crippen molar-refractivity contribution in [2.45, 2.75) is 42.5 Å². The van der Waals surface area contributed by atoms with Crippen molar-refractivity contribution in [3.63, 3.8) is 0 Å². The first-order chi connectivity index (χ1) is 7.31. The molecule has 0 aliphatic heterocycles. The number of hydrogen-bond donors (Lipinski definition) is 1. The van der Waals surface area contributed by atoms with Crippen LogP contribution in [-0.4, -0.2) is 20.9 Å². The molecule has 1 aliphatic rings. The molecule has 0 spiro atoms. The van der Waals surface area contributed by atoms with E-state index < -0.39 is 0 Å². The van der Waals surface area contributed by atoms with E-state index in [0.29, 0.717) is 5.75 Å². The third-order valence-electron chi connectivity index (χ3n) is 3.14. The number of rotatable bonds is 3. The normalized spacial score (nSPS) is 20.7. The number of phenols is 1. The topological polar surface area (TPSA) is 20.2 Å². The van der Waals surface area contributed by atoms with E-state index in [1.807, 2.05) is 12.1 Å². The Morgan fingerprint density at radius 2 is 2.33 bits per heavy atom. The maximum atomic E-state index is 9.73. The average Bonchev–Trinajstić information content (AvgIpc) is 2.26. The number of phenolic OH excluding ortho intramolecular Hbond substituents is 1. The van der Waals surface area contributed by atoms with Gasteiger partial charge in [-0.1, -0.05) is 0 Å². The van der Waals surface area contributed by atoms with E-state index in [0.717, 1.165) is 11.1 Å². The Morgan fingerprint density at radius 1 is 1.47 bits per heavy atom. The minimum atomic E-state index is 0.254. The zero-order valence-electron chi connectivity index (χ0n) is 9.29. The van der Waals surface area contributed by atoms with E-state index in [-0.39, 0.29) is 15.8 Å². The third kappa shape index (κ3) is 2.58. The second-order valence-corrected chi connectivity index (χ2v) is 7.93. The van der Waals surface area contributed by atoms with Crippen LogP contribution < -0.4 is 0 Å². The quantitative estimate of drug-likeness (QED) is 0.834. The van der Waals surface area contributed by atoms with E-state index >= 15 is 0 Å². The standard InChI is InChI=1S/C13H19AsO/c1-2-8-14-11-6-7-12-10(9-11)4-3-5-13(12)15/h3-5,11,14-15H,2,6-9H2,1H3/t11-/m0/s1. The third-order valence-corrected chi connectivity index (χ3v) is 7.04. The van der Waals surface area contributed by atoms with Crippen molar-refractivity contribution < 1.29 is 5.11 Å². The van der Waals surface area contributed by atoms with Crippen molar-refractivity contribution in [2.24, 2.45) is 0 Å². The maximum absolute atomic E-state index is 9.73. The van der Waals surface area contributed by atoms with Gasteiger partial charge in [0, 0.05) is 0 Å². The van der Waals surface area contributed by atoms with Crippen LogP contribution in [0, 0.1) is 0 Å². The van der Waals surface area contributed by atoms with Crippen molar-refractivity contribution in [1.29, 1.82) is 0 Å². The second kappa shape index (κ2) is 5.07. The molecule has 0 bridgehead atoms. The first kappa shape index (κ1) is 11.1. The second-order valence-electron chi connectivity index (χ2n) is 4.31. The molecule has 2 heteroatoms. The van der Waals surface area contributed by atoms with E-state index in [1.165, 1.54) is 35.6 Å². The molecule has 2 rings (SSSR count). The van der Waals surface area contributed by atoms with Gasteiger partial charge in [0.05, 0.1) is 0 Å². The SMILES string of the molecule is CCC[AsH][C@H]1CCc2c(O)cccc2C1. The zero-order valence-corrected chi connectivity index (χ0v) is 11.4. The molecule has 0 amide bonds. The van der Waals surface area contributed by atoms with Gasteiger partial charge >= 0.3 is 98.5 Å². The Kier molecular flexibility index (Phi) is 3.75. The van der Waals surface area contributed by atoms with E-state index in [9.17, 15) is 5.11 Å². The Balaban J connectivity index is 2.07. The first-order valence-electron chi connectivity index (χ1n) is 5.84. The molecule has 0 heterocycles. The van der Waals surface area contributed by atoms with Gasteiger partial charge in [0.15, 0.2) is 0 Å². The van der Waals surface area contributed by atoms with Gasteiger partial charge in [0.2, 0.25) is 0 Å². The molecule has 1 aromatic rings. The van der Waals surface area contributed by atoms with Crippen LogP contribution in [0.1, 0.15) is 30.9 Å². The van der Waals surface area contributed by atoms with Crippen LogP contribution >= 0.6 is 0 Å². The molecular formula is C13H19AsO. The van der Waals surface area contributed by atoms with Gasteiger partial charge in [0.25, 0.3) is 0 Å². The molecule has 15 heavy (non-hydrogen) atoms. The van der Waals surface area contributed by atoms with Gasteiger partial charge in [-0.15, -0.1) is 0 Å². The van der Waals surface area contributed by atoms with Gasteiger partial charge < -0.3 is 0 Å². The molecule has 0 radical (unpaired) electrons. The van der Waals surface area contributed by atoms with Crippen molar-refractivity contribution in [3.8, 4) is 5.75 Å². The van der Waals surface area contributed by atoms with Crippen LogP contribution in [0.3, 0.4) is 0 Å². The van der Waals surface area contributed by atoms with Gasteiger partial charge in [-0.25, -0.2) is 0 Å². The predicted molar refractivity (Wildman–Crippen MR) is 66.1 cm³/mol. The Hall–Kier alpha value is -0.422. The zero-order chi connectivity index (χ0) is 10.7. The van der Waals surface area contributed by atoms with Gasteiger partial charge in [-0.2, -0.15) is 0 Å².